The van der Waals surface area contributed by atoms with Crippen LogP contribution in [0.3, 0.4) is 0 Å². The molecule has 0 spiro atoms. The number of hydrogen-bond donors (Lipinski definition) is 1. The number of halogens is 2. The first-order valence-electron chi connectivity index (χ1n) is 9.15. The number of aryl methyl sites for hydroxylation is 1. The van der Waals surface area contributed by atoms with Crippen molar-refractivity contribution in [3.8, 4) is 11.4 Å². The lowest BCUT2D eigenvalue weighted by molar-refractivity contribution is 0.340. The maximum atomic E-state index is 12.4. The van der Waals surface area contributed by atoms with Gasteiger partial charge in [0.05, 0.1) is 33.4 Å². The summed E-state index contributed by atoms with van der Waals surface area (Å²) >= 11 is 12.5. The summed E-state index contributed by atoms with van der Waals surface area (Å²) in [7, 11) is -3.79. The summed E-state index contributed by atoms with van der Waals surface area (Å²) < 4.78 is 32.2. The second-order valence-corrected chi connectivity index (χ2v) is 8.94. The van der Waals surface area contributed by atoms with E-state index in [4.69, 9.17) is 27.9 Å². The van der Waals surface area contributed by atoms with E-state index < -0.39 is 10.0 Å². The first-order valence-corrected chi connectivity index (χ1v) is 11.4. The zero-order valence-corrected chi connectivity index (χ0v) is 19.0. The average molecular weight is 466 g/mol. The standard InChI is InChI=1S/C21H21Cl2N3O3S/c1-4-29-17-8-10-18(11-9-17)30(27,28)25-24-13-16-12-14(2)26(15(16)3)20-7-5-6-19(22)21(20)23/h5-13,25H,4H2,1-3H3/b24-13-. The molecule has 2 aromatic carbocycles. The van der Waals surface area contributed by atoms with Gasteiger partial charge >= 0.3 is 0 Å². The molecule has 0 aliphatic rings. The third-order valence-corrected chi connectivity index (χ3v) is 6.51. The van der Waals surface area contributed by atoms with E-state index in [1.807, 2.05) is 43.5 Å². The third kappa shape index (κ3) is 4.64. The Bertz CT molecular complexity index is 1190. The summed E-state index contributed by atoms with van der Waals surface area (Å²) in [6, 6.07) is 13.4. The van der Waals surface area contributed by atoms with Crippen molar-refractivity contribution in [2.24, 2.45) is 5.10 Å². The first kappa shape index (κ1) is 22.2. The largest absolute Gasteiger partial charge is 0.494 e. The highest BCUT2D eigenvalue weighted by Crippen LogP contribution is 2.31. The number of ether oxygens (including phenoxy) is 1. The van der Waals surface area contributed by atoms with Gasteiger partial charge in [-0.2, -0.15) is 13.5 Å². The van der Waals surface area contributed by atoms with E-state index in [-0.39, 0.29) is 4.90 Å². The van der Waals surface area contributed by atoms with Crippen LogP contribution in [-0.2, 0) is 10.0 Å². The summed E-state index contributed by atoms with van der Waals surface area (Å²) in [5.41, 5.74) is 3.25. The van der Waals surface area contributed by atoms with Gasteiger partial charge in [-0.3, -0.25) is 0 Å². The molecule has 0 atom stereocenters. The van der Waals surface area contributed by atoms with Crippen molar-refractivity contribution < 1.29 is 13.2 Å². The van der Waals surface area contributed by atoms with E-state index in [2.05, 4.69) is 9.93 Å². The molecule has 0 aliphatic carbocycles. The second kappa shape index (κ2) is 9.12. The van der Waals surface area contributed by atoms with Crippen LogP contribution in [0.15, 0.2) is 58.5 Å². The van der Waals surface area contributed by atoms with Crippen molar-refractivity contribution in [1.29, 1.82) is 0 Å². The molecule has 0 bridgehead atoms. The number of hydrazone groups is 1. The summed E-state index contributed by atoms with van der Waals surface area (Å²) in [4.78, 5) is 2.33. The lowest BCUT2D eigenvalue weighted by atomic mass is 10.2. The van der Waals surface area contributed by atoms with Gasteiger partial charge in [0.15, 0.2) is 0 Å². The van der Waals surface area contributed by atoms with E-state index in [9.17, 15) is 8.42 Å². The molecule has 9 heteroatoms. The molecule has 1 heterocycles. The molecule has 0 unspecified atom stereocenters. The Morgan fingerprint density at radius 3 is 2.50 bits per heavy atom. The van der Waals surface area contributed by atoms with Crippen molar-refractivity contribution in [2.45, 2.75) is 25.7 Å². The molecule has 0 amide bonds. The van der Waals surface area contributed by atoms with Gasteiger partial charge in [-0.15, -0.1) is 0 Å². The van der Waals surface area contributed by atoms with E-state index in [0.717, 1.165) is 22.6 Å². The van der Waals surface area contributed by atoms with Crippen LogP contribution < -0.4 is 9.57 Å². The van der Waals surface area contributed by atoms with Gasteiger partial charge < -0.3 is 9.30 Å². The number of aromatic nitrogens is 1. The van der Waals surface area contributed by atoms with Gasteiger partial charge in [0, 0.05) is 17.0 Å². The van der Waals surface area contributed by atoms with Gasteiger partial charge in [-0.1, -0.05) is 29.3 Å². The molecule has 0 fully saturated rings. The summed E-state index contributed by atoms with van der Waals surface area (Å²) in [5, 5.41) is 4.83. The van der Waals surface area contributed by atoms with E-state index >= 15 is 0 Å². The minimum Gasteiger partial charge on any atom is -0.494 e. The molecule has 158 valence electrons. The molecule has 1 aromatic heterocycles. The van der Waals surface area contributed by atoms with Crippen molar-refractivity contribution in [2.75, 3.05) is 6.61 Å². The van der Waals surface area contributed by atoms with Crippen LogP contribution in [0.25, 0.3) is 5.69 Å². The molecule has 0 radical (unpaired) electrons. The molecule has 1 N–H and O–H groups in total. The number of hydrogen-bond acceptors (Lipinski definition) is 4. The monoisotopic (exact) mass is 465 g/mol. The third-order valence-electron chi connectivity index (χ3n) is 4.46. The highest BCUT2D eigenvalue weighted by Gasteiger charge is 2.15. The van der Waals surface area contributed by atoms with E-state index in [1.54, 1.807) is 18.2 Å². The Kier molecular flexibility index (Phi) is 6.75. The van der Waals surface area contributed by atoms with Crippen molar-refractivity contribution in [1.82, 2.24) is 9.40 Å². The van der Waals surface area contributed by atoms with E-state index in [0.29, 0.717) is 22.4 Å². The Balaban J connectivity index is 1.82. The van der Waals surface area contributed by atoms with Gasteiger partial charge in [0.1, 0.15) is 5.75 Å². The van der Waals surface area contributed by atoms with Gasteiger partial charge in [-0.05, 0) is 63.2 Å². The topological polar surface area (TPSA) is 72.7 Å². The first-order chi connectivity index (χ1) is 14.2. The Hall–Kier alpha value is -2.48. The number of nitrogens with zero attached hydrogens (tertiary/aromatic N) is 2. The average Bonchev–Trinajstić information content (AvgIpc) is 2.98. The molecule has 3 rings (SSSR count). The quantitative estimate of drug-likeness (QED) is 0.389. The SMILES string of the molecule is CCOc1ccc(S(=O)(=O)N/N=C\c2cc(C)n(-c3cccc(Cl)c3Cl)c2C)cc1. The highest BCUT2D eigenvalue weighted by molar-refractivity contribution is 7.89. The van der Waals surface area contributed by atoms with Crippen molar-refractivity contribution in [3.63, 3.8) is 0 Å². The smallest absolute Gasteiger partial charge is 0.276 e. The van der Waals surface area contributed by atoms with Crippen LogP contribution in [-0.4, -0.2) is 25.8 Å². The minimum absolute atomic E-state index is 0.0966. The zero-order valence-electron chi connectivity index (χ0n) is 16.7. The fourth-order valence-electron chi connectivity index (χ4n) is 3.05. The molecule has 0 saturated carbocycles. The predicted molar refractivity (Wildman–Crippen MR) is 121 cm³/mol. The lowest BCUT2D eigenvalue weighted by Crippen LogP contribution is -2.18. The number of benzene rings is 2. The number of nitrogens with one attached hydrogen (secondary N) is 1. The molecule has 0 saturated heterocycles. The molecule has 6 nitrogen and oxygen atoms in total. The second-order valence-electron chi connectivity index (χ2n) is 6.49. The van der Waals surface area contributed by atoms with Crippen molar-refractivity contribution >= 4 is 39.4 Å². The van der Waals surface area contributed by atoms with Crippen LogP contribution in [0.1, 0.15) is 23.9 Å². The maximum absolute atomic E-state index is 12.4. The zero-order chi connectivity index (χ0) is 21.9. The molecular formula is C21H21Cl2N3O3S. The van der Waals surface area contributed by atoms with Crippen LogP contribution in [0.4, 0.5) is 0 Å². The van der Waals surface area contributed by atoms with Crippen LogP contribution >= 0.6 is 23.2 Å². The predicted octanol–water partition coefficient (Wildman–Crippen LogP) is 5.11. The van der Waals surface area contributed by atoms with Crippen LogP contribution in [0.5, 0.6) is 5.75 Å². The van der Waals surface area contributed by atoms with Crippen molar-refractivity contribution in [3.05, 3.63) is 75.5 Å². The Morgan fingerprint density at radius 2 is 1.83 bits per heavy atom. The van der Waals surface area contributed by atoms with Gasteiger partial charge in [0.2, 0.25) is 0 Å². The molecular weight excluding hydrogens is 445 g/mol. The van der Waals surface area contributed by atoms with E-state index in [1.165, 1.54) is 18.3 Å². The molecule has 3 aromatic rings. The fraction of sp³-hybridized carbons (Fsp3) is 0.190. The minimum atomic E-state index is -3.79. The summed E-state index contributed by atoms with van der Waals surface area (Å²) in [6.07, 6.45) is 1.46. The summed E-state index contributed by atoms with van der Waals surface area (Å²) in [6.45, 7) is 6.18. The normalized spacial score (nSPS) is 11.8. The number of sulfonamides is 1. The maximum Gasteiger partial charge on any atom is 0.276 e. The Labute approximate surface area is 186 Å². The number of rotatable bonds is 7. The summed E-state index contributed by atoms with van der Waals surface area (Å²) in [5.74, 6) is 0.604. The van der Waals surface area contributed by atoms with Gasteiger partial charge in [-0.25, -0.2) is 4.83 Å². The van der Waals surface area contributed by atoms with Crippen LogP contribution in [0.2, 0.25) is 10.0 Å². The Morgan fingerprint density at radius 1 is 1.13 bits per heavy atom. The lowest BCUT2D eigenvalue weighted by Gasteiger charge is -2.12. The molecule has 30 heavy (non-hydrogen) atoms. The fourth-order valence-corrected chi connectivity index (χ4v) is 4.23. The molecule has 0 aliphatic heterocycles. The highest BCUT2D eigenvalue weighted by atomic mass is 35.5. The van der Waals surface area contributed by atoms with Gasteiger partial charge in [0.25, 0.3) is 10.0 Å². The van der Waals surface area contributed by atoms with Crippen LogP contribution in [0, 0.1) is 13.8 Å².